The molecule has 0 aliphatic rings. The van der Waals surface area contributed by atoms with E-state index in [1.165, 1.54) is 5.56 Å². The van der Waals surface area contributed by atoms with Crippen molar-refractivity contribution in [3.05, 3.63) is 65.5 Å². The summed E-state index contributed by atoms with van der Waals surface area (Å²) in [5.74, 6) is 1.56. The zero-order chi connectivity index (χ0) is 20.1. The van der Waals surface area contributed by atoms with Crippen LogP contribution in [-0.2, 0) is 11.8 Å². The van der Waals surface area contributed by atoms with Crippen LogP contribution < -0.4 is 10.6 Å². The maximum Gasteiger partial charge on any atom is 0.251 e. The average Bonchev–Trinajstić information content (AvgIpc) is 2.70. The zero-order valence-electron chi connectivity index (χ0n) is 17.0. The minimum Gasteiger partial charge on any atom is -0.368 e. The van der Waals surface area contributed by atoms with E-state index in [2.05, 4.69) is 41.4 Å². The summed E-state index contributed by atoms with van der Waals surface area (Å²) in [7, 11) is 0. The Morgan fingerprint density at radius 2 is 1.68 bits per heavy atom. The van der Waals surface area contributed by atoms with Crippen LogP contribution in [0.5, 0.6) is 0 Å². The Morgan fingerprint density at radius 3 is 2.36 bits per heavy atom. The van der Waals surface area contributed by atoms with Gasteiger partial charge in [0.2, 0.25) is 0 Å². The summed E-state index contributed by atoms with van der Waals surface area (Å²) in [6.45, 7) is 9.63. The first-order valence-electron chi connectivity index (χ1n) is 9.77. The van der Waals surface area contributed by atoms with E-state index in [-0.39, 0.29) is 11.3 Å². The van der Waals surface area contributed by atoms with Gasteiger partial charge in [-0.2, -0.15) is 0 Å². The van der Waals surface area contributed by atoms with Crippen molar-refractivity contribution in [2.75, 3.05) is 18.4 Å². The number of amides is 1. The molecular weight excluding hydrogens is 348 g/mol. The Morgan fingerprint density at radius 1 is 0.964 bits per heavy atom. The molecule has 0 radical (unpaired) electrons. The highest BCUT2D eigenvalue weighted by Gasteiger charge is 2.14. The van der Waals surface area contributed by atoms with Crippen molar-refractivity contribution in [2.24, 2.45) is 0 Å². The van der Waals surface area contributed by atoms with E-state index in [4.69, 9.17) is 0 Å². The van der Waals surface area contributed by atoms with Gasteiger partial charge in [0, 0.05) is 30.5 Å². The normalized spacial score (nSPS) is 11.4. The van der Waals surface area contributed by atoms with Crippen molar-refractivity contribution in [1.82, 2.24) is 15.3 Å². The van der Waals surface area contributed by atoms with Crippen LogP contribution in [0.15, 0.2) is 48.5 Å². The Balaban J connectivity index is 1.59. The molecule has 0 unspecified atom stereocenters. The second-order valence-corrected chi connectivity index (χ2v) is 7.87. The lowest BCUT2D eigenvalue weighted by molar-refractivity contribution is 0.0955. The number of aromatic nitrogens is 2. The number of para-hydroxylation sites is 1. The Bertz CT molecular complexity index is 958. The SMILES string of the molecule is CCc1nc(NCCNC(=O)c2ccc(C(C)(C)C)cc2)c2ccccc2n1. The van der Waals surface area contributed by atoms with E-state index in [1.54, 1.807) is 0 Å². The lowest BCUT2D eigenvalue weighted by Crippen LogP contribution is -2.29. The number of rotatable bonds is 6. The first-order chi connectivity index (χ1) is 13.4. The second-order valence-electron chi connectivity index (χ2n) is 7.87. The fourth-order valence-electron chi connectivity index (χ4n) is 3.00. The molecule has 0 saturated carbocycles. The molecule has 2 aromatic carbocycles. The largest absolute Gasteiger partial charge is 0.368 e. The lowest BCUT2D eigenvalue weighted by atomic mass is 9.87. The van der Waals surface area contributed by atoms with Crippen molar-refractivity contribution >= 4 is 22.6 Å². The predicted molar refractivity (Wildman–Crippen MR) is 115 cm³/mol. The Hall–Kier alpha value is -2.95. The third-order valence-electron chi connectivity index (χ3n) is 4.68. The van der Waals surface area contributed by atoms with E-state index >= 15 is 0 Å². The molecule has 0 bridgehead atoms. The molecule has 2 N–H and O–H groups in total. The topological polar surface area (TPSA) is 66.9 Å². The average molecular weight is 377 g/mol. The van der Waals surface area contributed by atoms with Crippen molar-refractivity contribution in [3.63, 3.8) is 0 Å². The van der Waals surface area contributed by atoms with Gasteiger partial charge in [0.05, 0.1) is 5.52 Å². The van der Waals surface area contributed by atoms with Gasteiger partial charge >= 0.3 is 0 Å². The molecular formula is C23H28N4O. The number of nitrogens with one attached hydrogen (secondary N) is 2. The van der Waals surface area contributed by atoms with Gasteiger partial charge in [-0.1, -0.05) is 52.0 Å². The molecule has 28 heavy (non-hydrogen) atoms. The molecule has 5 nitrogen and oxygen atoms in total. The molecule has 1 aromatic heterocycles. The van der Waals surface area contributed by atoms with E-state index < -0.39 is 0 Å². The van der Waals surface area contributed by atoms with Crippen molar-refractivity contribution in [3.8, 4) is 0 Å². The van der Waals surface area contributed by atoms with E-state index in [0.29, 0.717) is 18.7 Å². The van der Waals surface area contributed by atoms with Crippen molar-refractivity contribution in [2.45, 2.75) is 39.5 Å². The first kappa shape index (κ1) is 19.8. The maximum atomic E-state index is 12.4. The number of benzene rings is 2. The molecule has 0 saturated heterocycles. The Labute approximate surface area is 166 Å². The van der Waals surface area contributed by atoms with Gasteiger partial charge in [-0.3, -0.25) is 4.79 Å². The molecule has 3 rings (SSSR count). The molecule has 5 heteroatoms. The zero-order valence-corrected chi connectivity index (χ0v) is 17.0. The molecule has 1 heterocycles. The maximum absolute atomic E-state index is 12.4. The highest BCUT2D eigenvalue weighted by atomic mass is 16.1. The fourth-order valence-corrected chi connectivity index (χ4v) is 3.00. The quantitative estimate of drug-likeness (QED) is 0.628. The molecule has 1 amide bonds. The van der Waals surface area contributed by atoms with Crippen LogP contribution in [0.2, 0.25) is 0 Å². The van der Waals surface area contributed by atoms with Crippen LogP contribution in [0.3, 0.4) is 0 Å². The molecule has 0 aliphatic heterocycles. The van der Waals surface area contributed by atoms with Crippen LogP contribution in [0.1, 0.15) is 49.4 Å². The number of anilines is 1. The smallest absolute Gasteiger partial charge is 0.251 e. The van der Waals surface area contributed by atoms with Crippen LogP contribution in [0, 0.1) is 0 Å². The van der Waals surface area contributed by atoms with Crippen molar-refractivity contribution in [1.29, 1.82) is 0 Å². The predicted octanol–water partition coefficient (Wildman–Crippen LogP) is 4.33. The highest BCUT2D eigenvalue weighted by molar-refractivity contribution is 5.94. The van der Waals surface area contributed by atoms with Crippen LogP contribution in [0.4, 0.5) is 5.82 Å². The summed E-state index contributed by atoms with van der Waals surface area (Å²) in [6, 6.07) is 15.8. The molecule has 0 spiro atoms. The minimum absolute atomic E-state index is 0.0657. The summed E-state index contributed by atoms with van der Waals surface area (Å²) in [5.41, 5.74) is 2.90. The first-order valence-corrected chi connectivity index (χ1v) is 9.77. The van der Waals surface area contributed by atoms with Gasteiger partial charge < -0.3 is 10.6 Å². The van der Waals surface area contributed by atoms with Gasteiger partial charge in [-0.25, -0.2) is 9.97 Å². The lowest BCUT2D eigenvalue weighted by Gasteiger charge is -2.19. The van der Waals surface area contributed by atoms with Crippen LogP contribution >= 0.6 is 0 Å². The van der Waals surface area contributed by atoms with Gasteiger partial charge in [-0.05, 0) is 35.2 Å². The standard InChI is InChI=1S/C23H28N4O/c1-5-20-26-19-9-7-6-8-18(19)21(27-20)24-14-15-25-22(28)16-10-12-17(13-11-16)23(2,3)4/h6-13H,5,14-15H2,1-4H3,(H,25,28)(H,24,26,27). The molecule has 0 fully saturated rings. The molecule has 3 aromatic rings. The third-order valence-corrected chi connectivity index (χ3v) is 4.68. The summed E-state index contributed by atoms with van der Waals surface area (Å²) in [4.78, 5) is 21.5. The van der Waals surface area contributed by atoms with Gasteiger partial charge in [-0.15, -0.1) is 0 Å². The molecule has 0 aliphatic carbocycles. The number of nitrogens with zero attached hydrogens (tertiary/aromatic N) is 2. The summed E-state index contributed by atoms with van der Waals surface area (Å²) in [6.07, 6.45) is 0.779. The molecule has 0 atom stereocenters. The van der Waals surface area contributed by atoms with Gasteiger partial charge in [0.1, 0.15) is 11.6 Å². The highest BCUT2D eigenvalue weighted by Crippen LogP contribution is 2.22. The number of carbonyl (C=O) groups excluding carboxylic acids is 1. The fraction of sp³-hybridized carbons (Fsp3) is 0.348. The van der Waals surface area contributed by atoms with Crippen molar-refractivity contribution < 1.29 is 4.79 Å². The summed E-state index contributed by atoms with van der Waals surface area (Å²) < 4.78 is 0. The van der Waals surface area contributed by atoms with E-state index in [0.717, 1.165) is 29.0 Å². The summed E-state index contributed by atoms with van der Waals surface area (Å²) >= 11 is 0. The monoisotopic (exact) mass is 376 g/mol. The number of carbonyl (C=O) groups is 1. The van der Waals surface area contributed by atoms with Gasteiger partial charge in [0.15, 0.2) is 0 Å². The summed E-state index contributed by atoms with van der Waals surface area (Å²) in [5, 5.41) is 7.28. The number of hydrogen-bond donors (Lipinski definition) is 2. The third kappa shape index (κ3) is 4.66. The second kappa shape index (κ2) is 8.38. The minimum atomic E-state index is -0.0657. The Kier molecular flexibility index (Phi) is 5.93. The van der Waals surface area contributed by atoms with E-state index in [9.17, 15) is 4.79 Å². The van der Waals surface area contributed by atoms with Gasteiger partial charge in [0.25, 0.3) is 5.91 Å². The van der Waals surface area contributed by atoms with Crippen LogP contribution in [-0.4, -0.2) is 29.0 Å². The number of hydrogen-bond acceptors (Lipinski definition) is 4. The number of aryl methyl sites for hydroxylation is 1. The molecule has 146 valence electrons. The van der Waals surface area contributed by atoms with E-state index in [1.807, 2.05) is 55.5 Å². The van der Waals surface area contributed by atoms with Crippen LogP contribution in [0.25, 0.3) is 10.9 Å². The number of fused-ring (bicyclic) bond motifs is 1.